The molecular formula is C17H17N3O4. The summed E-state index contributed by atoms with van der Waals surface area (Å²) >= 11 is 0. The van der Waals surface area contributed by atoms with Gasteiger partial charge in [-0.25, -0.2) is 0 Å². The molecule has 0 radical (unpaired) electrons. The van der Waals surface area contributed by atoms with E-state index in [2.05, 4.69) is 10.5 Å². The summed E-state index contributed by atoms with van der Waals surface area (Å²) < 4.78 is 0. The van der Waals surface area contributed by atoms with Gasteiger partial charge in [0.05, 0.1) is 11.1 Å². The number of nitro benzene ring substituents is 1. The summed E-state index contributed by atoms with van der Waals surface area (Å²) in [5.41, 5.74) is 1.63. The zero-order valence-electron chi connectivity index (χ0n) is 12.9. The minimum Gasteiger partial charge on any atom is -0.386 e. The molecule has 0 aromatic heterocycles. The van der Waals surface area contributed by atoms with Gasteiger partial charge in [-0.2, -0.15) is 0 Å². The molecule has 2 aromatic carbocycles. The van der Waals surface area contributed by atoms with E-state index in [0.717, 1.165) is 12.0 Å². The molecule has 0 bridgehead atoms. The lowest BCUT2D eigenvalue weighted by molar-refractivity contribution is -0.384. The first-order valence-corrected chi connectivity index (χ1v) is 7.35. The lowest BCUT2D eigenvalue weighted by Gasteiger charge is -2.04. The minimum absolute atomic E-state index is 0.0300. The number of nitro groups is 1. The Bertz CT molecular complexity index is 717. The van der Waals surface area contributed by atoms with Gasteiger partial charge in [-0.05, 0) is 12.0 Å². The maximum Gasteiger partial charge on any atom is 0.270 e. The molecular weight excluding hydrogens is 310 g/mol. The fourth-order valence-corrected chi connectivity index (χ4v) is 1.95. The Morgan fingerprint density at radius 2 is 2.00 bits per heavy atom. The van der Waals surface area contributed by atoms with E-state index in [-0.39, 0.29) is 18.2 Å². The zero-order valence-corrected chi connectivity index (χ0v) is 12.9. The SMILES string of the molecule is O=C(CO/N=C/c1cccc([N+](=O)[O-])c1)NCCc1ccccc1. The van der Waals surface area contributed by atoms with Crippen LogP contribution in [0.5, 0.6) is 0 Å². The zero-order chi connectivity index (χ0) is 17.2. The highest BCUT2D eigenvalue weighted by molar-refractivity contribution is 5.80. The summed E-state index contributed by atoms with van der Waals surface area (Å²) in [4.78, 5) is 26.6. The quantitative estimate of drug-likeness (QED) is 0.457. The Kier molecular flexibility index (Phi) is 6.46. The molecule has 2 aromatic rings. The number of hydrogen-bond donors (Lipinski definition) is 1. The van der Waals surface area contributed by atoms with Gasteiger partial charge in [-0.1, -0.05) is 47.6 Å². The van der Waals surface area contributed by atoms with Crippen LogP contribution in [-0.4, -0.2) is 30.2 Å². The van der Waals surface area contributed by atoms with Crippen molar-refractivity contribution in [1.82, 2.24) is 5.32 Å². The Hall–Kier alpha value is -3.22. The average molecular weight is 327 g/mol. The smallest absolute Gasteiger partial charge is 0.270 e. The van der Waals surface area contributed by atoms with Gasteiger partial charge in [-0.3, -0.25) is 14.9 Å². The first-order valence-electron chi connectivity index (χ1n) is 7.35. The average Bonchev–Trinajstić information content (AvgIpc) is 2.60. The van der Waals surface area contributed by atoms with Gasteiger partial charge in [0, 0.05) is 24.2 Å². The molecule has 0 saturated heterocycles. The number of oxime groups is 1. The summed E-state index contributed by atoms with van der Waals surface area (Å²) in [6.45, 7) is 0.307. The van der Waals surface area contributed by atoms with Crippen molar-refractivity contribution in [2.24, 2.45) is 5.16 Å². The number of non-ortho nitro benzene ring substituents is 1. The first kappa shape index (κ1) is 17.1. The van der Waals surface area contributed by atoms with Crippen molar-refractivity contribution < 1.29 is 14.6 Å². The van der Waals surface area contributed by atoms with E-state index in [1.165, 1.54) is 18.3 Å². The van der Waals surface area contributed by atoms with E-state index in [1.54, 1.807) is 12.1 Å². The van der Waals surface area contributed by atoms with Crippen LogP contribution < -0.4 is 5.32 Å². The topological polar surface area (TPSA) is 93.8 Å². The van der Waals surface area contributed by atoms with Crippen LogP contribution in [0, 0.1) is 10.1 Å². The third-order valence-corrected chi connectivity index (χ3v) is 3.13. The normalized spacial score (nSPS) is 10.5. The number of rotatable bonds is 8. The van der Waals surface area contributed by atoms with Gasteiger partial charge in [0.25, 0.3) is 11.6 Å². The molecule has 2 rings (SSSR count). The molecule has 0 spiro atoms. The minimum atomic E-state index is -0.488. The van der Waals surface area contributed by atoms with Crippen LogP contribution in [0.2, 0.25) is 0 Å². The third kappa shape index (κ3) is 5.88. The number of nitrogens with zero attached hydrogens (tertiary/aromatic N) is 2. The molecule has 0 fully saturated rings. The molecule has 0 aliphatic rings. The molecule has 0 atom stereocenters. The Morgan fingerprint density at radius 3 is 2.75 bits per heavy atom. The first-order chi connectivity index (χ1) is 11.6. The van der Waals surface area contributed by atoms with Crippen molar-refractivity contribution in [1.29, 1.82) is 0 Å². The van der Waals surface area contributed by atoms with Gasteiger partial charge in [0.1, 0.15) is 0 Å². The molecule has 0 saturated carbocycles. The highest BCUT2D eigenvalue weighted by Crippen LogP contribution is 2.11. The van der Waals surface area contributed by atoms with Gasteiger partial charge < -0.3 is 10.2 Å². The molecule has 1 amide bonds. The second-order valence-electron chi connectivity index (χ2n) is 4.95. The molecule has 0 unspecified atom stereocenters. The van der Waals surface area contributed by atoms with E-state index >= 15 is 0 Å². The third-order valence-electron chi connectivity index (χ3n) is 3.13. The fourth-order valence-electron chi connectivity index (χ4n) is 1.95. The fraction of sp³-hybridized carbons (Fsp3) is 0.176. The molecule has 0 heterocycles. The van der Waals surface area contributed by atoms with Gasteiger partial charge in [0.2, 0.25) is 0 Å². The van der Waals surface area contributed by atoms with E-state index in [4.69, 9.17) is 4.84 Å². The molecule has 1 N–H and O–H groups in total. The summed E-state index contributed by atoms with van der Waals surface area (Å²) in [5.74, 6) is -0.276. The van der Waals surface area contributed by atoms with E-state index in [0.29, 0.717) is 12.1 Å². The molecule has 124 valence electrons. The summed E-state index contributed by atoms with van der Waals surface area (Å²) in [6, 6.07) is 15.8. The molecule has 0 aliphatic carbocycles. The maximum absolute atomic E-state index is 11.6. The van der Waals surface area contributed by atoms with Gasteiger partial charge in [0.15, 0.2) is 6.61 Å². The standard InChI is InChI=1S/C17H17N3O4/c21-17(18-10-9-14-5-2-1-3-6-14)13-24-19-12-15-7-4-8-16(11-15)20(22)23/h1-8,11-12H,9-10,13H2,(H,18,21)/b19-12+. The van der Waals surface area contributed by atoms with E-state index in [9.17, 15) is 14.9 Å². The molecule has 24 heavy (non-hydrogen) atoms. The summed E-state index contributed by atoms with van der Waals surface area (Å²) in [5, 5.41) is 17.0. The van der Waals surface area contributed by atoms with E-state index < -0.39 is 4.92 Å². The van der Waals surface area contributed by atoms with Crippen LogP contribution in [0.3, 0.4) is 0 Å². The van der Waals surface area contributed by atoms with Gasteiger partial charge in [-0.15, -0.1) is 0 Å². The Balaban J connectivity index is 1.68. The van der Waals surface area contributed by atoms with Crippen molar-refractivity contribution in [2.45, 2.75) is 6.42 Å². The maximum atomic E-state index is 11.6. The van der Waals surface area contributed by atoms with E-state index in [1.807, 2.05) is 30.3 Å². The second kappa shape index (κ2) is 9.04. The molecule has 7 heteroatoms. The number of amides is 1. The van der Waals surface area contributed by atoms with Crippen LogP contribution in [0.15, 0.2) is 59.8 Å². The number of nitrogens with one attached hydrogen (secondary N) is 1. The molecule has 0 aliphatic heterocycles. The van der Waals surface area contributed by atoms with Gasteiger partial charge >= 0.3 is 0 Å². The van der Waals surface area contributed by atoms with Crippen molar-refractivity contribution in [3.63, 3.8) is 0 Å². The highest BCUT2D eigenvalue weighted by atomic mass is 16.6. The van der Waals surface area contributed by atoms with Crippen molar-refractivity contribution in [3.05, 3.63) is 75.8 Å². The Morgan fingerprint density at radius 1 is 1.21 bits per heavy atom. The summed E-state index contributed by atoms with van der Waals surface area (Å²) in [7, 11) is 0. The monoisotopic (exact) mass is 327 g/mol. The lowest BCUT2D eigenvalue weighted by Crippen LogP contribution is -2.28. The highest BCUT2D eigenvalue weighted by Gasteiger charge is 2.04. The lowest BCUT2D eigenvalue weighted by atomic mass is 10.1. The van der Waals surface area contributed by atoms with Crippen LogP contribution in [-0.2, 0) is 16.1 Å². The predicted octanol–water partition coefficient (Wildman–Crippen LogP) is 2.30. The van der Waals surface area contributed by atoms with Crippen LogP contribution in [0.25, 0.3) is 0 Å². The Labute approximate surface area is 139 Å². The van der Waals surface area contributed by atoms with Crippen LogP contribution in [0.4, 0.5) is 5.69 Å². The van der Waals surface area contributed by atoms with Crippen LogP contribution in [0.1, 0.15) is 11.1 Å². The van der Waals surface area contributed by atoms with Crippen LogP contribution >= 0.6 is 0 Å². The molecule has 7 nitrogen and oxygen atoms in total. The number of carbonyl (C=O) groups is 1. The number of hydrogen-bond acceptors (Lipinski definition) is 5. The number of carbonyl (C=O) groups excluding carboxylic acids is 1. The second-order valence-corrected chi connectivity index (χ2v) is 4.95. The van der Waals surface area contributed by atoms with Crippen molar-refractivity contribution in [2.75, 3.05) is 13.2 Å². The largest absolute Gasteiger partial charge is 0.386 e. The van der Waals surface area contributed by atoms with Crippen molar-refractivity contribution in [3.8, 4) is 0 Å². The number of benzene rings is 2. The summed E-state index contributed by atoms with van der Waals surface area (Å²) in [6.07, 6.45) is 2.06. The van der Waals surface area contributed by atoms with Crippen molar-refractivity contribution >= 4 is 17.8 Å². The predicted molar refractivity (Wildman–Crippen MR) is 89.8 cm³/mol.